The second-order valence-electron chi connectivity index (χ2n) is 6.87. The van der Waals surface area contributed by atoms with Crippen molar-refractivity contribution in [3.63, 3.8) is 0 Å². The standard InChI is InChI=1S/C19H20ClN3O3/c1-10-13-5-6-23(19(13)22-9-21-10)15-8-14(17(25)18(15)26)16(24)11-3-2-4-12(20)7-11/h2-7,9,14-18,24-26H,8H2,1H3/t14?,15?,16?,17-,18+/m1/s1. The molecule has 136 valence electrons. The molecular weight excluding hydrogens is 354 g/mol. The van der Waals surface area contributed by atoms with Gasteiger partial charge in [-0.15, -0.1) is 0 Å². The summed E-state index contributed by atoms with van der Waals surface area (Å²) in [6, 6.07) is 8.47. The van der Waals surface area contributed by atoms with E-state index in [2.05, 4.69) is 9.97 Å². The fraction of sp³-hybridized carbons (Fsp3) is 0.368. The van der Waals surface area contributed by atoms with E-state index in [1.165, 1.54) is 6.33 Å². The van der Waals surface area contributed by atoms with Crippen LogP contribution in [0.2, 0.25) is 5.02 Å². The zero-order valence-corrected chi connectivity index (χ0v) is 15.0. The van der Waals surface area contributed by atoms with E-state index in [4.69, 9.17) is 11.6 Å². The monoisotopic (exact) mass is 373 g/mol. The molecule has 3 N–H and O–H groups in total. The molecule has 0 amide bonds. The molecule has 4 rings (SSSR count). The van der Waals surface area contributed by atoms with Gasteiger partial charge in [0.05, 0.1) is 23.9 Å². The SMILES string of the molecule is Cc1ncnc2c1ccn2C1CC(C(O)c2cccc(Cl)c2)[C@@H](O)[C@H]1O. The molecule has 0 radical (unpaired) electrons. The Kier molecular flexibility index (Phi) is 4.44. The van der Waals surface area contributed by atoms with Crippen molar-refractivity contribution in [1.29, 1.82) is 0 Å². The molecule has 1 aliphatic rings. The molecule has 1 saturated carbocycles. The van der Waals surface area contributed by atoms with Crippen LogP contribution < -0.4 is 0 Å². The van der Waals surface area contributed by atoms with Crippen LogP contribution in [0.4, 0.5) is 0 Å². The van der Waals surface area contributed by atoms with Crippen molar-refractivity contribution in [2.45, 2.75) is 37.7 Å². The van der Waals surface area contributed by atoms with E-state index in [0.29, 0.717) is 22.7 Å². The number of nitrogens with zero attached hydrogens (tertiary/aromatic N) is 3. The Hall–Kier alpha value is -1.99. The maximum Gasteiger partial charge on any atom is 0.143 e. The lowest BCUT2D eigenvalue weighted by atomic mass is 9.92. The van der Waals surface area contributed by atoms with Gasteiger partial charge in [0.2, 0.25) is 0 Å². The lowest BCUT2D eigenvalue weighted by molar-refractivity contribution is -0.0264. The first-order valence-corrected chi connectivity index (χ1v) is 8.93. The molecule has 3 aromatic rings. The average Bonchev–Trinajstić information content (AvgIpc) is 3.18. The van der Waals surface area contributed by atoms with E-state index in [1.54, 1.807) is 24.3 Å². The van der Waals surface area contributed by atoms with Crippen LogP contribution in [0, 0.1) is 12.8 Å². The molecular formula is C19H20ClN3O3. The number of fused-ring (bicyclic) bond motifs is 1. The summed E-state index contributed by atoms with van der Waals surface area (Å²) in [6.45, 7) is 1.90. The van der Waals surface area contributed by atoms with E-state index in [1.807, 2.05) is 23.8 Å². The summed E-state index contributed by atoms with van der Waals surface area (Å²) in [5.74, 6) is -0.506. The van der Waals surface area contributed by atoms with Crippen LogP contribution in [0.15, 0.2) is 42.9 Å². The van der Waals surface area contributed by atoms with Crippen molar-refractivity contribution >= 4 is 22.6 Å². The summed E-state index contributed by atoms with van der Waals surface area (Å²) >= 11 is 6.01. The molecule has 3 unspecified atom stereocenters. The molecule has 1 aromatic carbocycles. The number of aryl methyl sites for hydroxylation is 1. The topological polar surface area (TPSA) is 91.4 Å². The third-order valence-electron chi connectivity index (χ3n) is 5.36. The van der Waals surface area contributed by atoms with E-state index in [-0.39, 0.29) is 6.04 Å². The average molecular weight is 374 g/mol. The van der Waals surface area contributed by atoms with Crippen LogP contribution in [-0.2, 0) is 0 Å². The Morgan fingerprint density at radius 1 is 1.19 bits per heavy atom. The van der Waals surface area contributed by atoms with E-state index in [0.717, 1.165) is 11.1 Å². The molecule has 2 aromatic heterocycles. The summed E-state index contributed by atoms with van der Waals surface area (Å²) in [5.41, 5.74) is 2.20. The van der Waals surface area contributed by atoms with E-state index in [9.17, 15) is 15.3 Å². The third kappa shape index (κ3) is 2.79. The van der Waals surface area contributed by atoms with Crippen molar-refractivity contribution in [2.24, 2.45) is 5.92 Å². The van der Waals surface area contributed by atoms with Crippen LogP contribution in [0.3, 0.4) is 0 Å². The van der Waals surface area contributed by atoms with Crippen molar-refractivity contribution in [2.75, 3.05) is 0 Å². The summed E-state index contributed by atoms with van der Waals surface area (Å²) < 4.78 is 1.86. The Labute approximate surface area is 155 Å². The lowest BCUT2D eigenvalue weighted by Crippen LogP contribution is -2.31. The van der Waals surface area contributed by atoms with Gasteiger partial charge in [-0.25, -0.2) is 9.97 Å². The minimum absolute atomic E-state index is 0.379. The maximum absolute atomic E-state index is 10.7. The first-order valence-electron chi connectivity index (χ1n) is 8.55. The molecule has 7 heteroatoms. The number of aliphatic hydroxyl groups excluding tert-OH is 3. The molecule has 1 fully saturated rings. The van der Waals surface area contributed by atoms with Gasteiger partial charge < -0.3 is 19.9 Å². The Bertz CT molecular complexity index is 945. The highest BCUT2D eigenvalue weighted by Crippen LogP contribution is 2.43. The van der Waals surface area contributed by atoms with Crippen molar-refractivity contribution < 1.29 is 15.3 Å². The summed E-state index contributed by atoms with van der Waals surface area (Å²) in [4.78, 5) is 8.51. The number of hydrogen-bond donors (Lipinski definition) is 3. The molecule has 0 bridgehead atoms. The summed E-state index contributed by atoms with van der Waals surface area (Å²) in [7, 11) is 0. The van der Waals surface area contributed by atoms with Gasteiger partial charge >= 0.3 is 0 Å². The van der Waals surface area contributed by atoms with Crippen molar-refractivity contribution in [1.82, 2.24) is 14.5 Å². The first kappa shape index (κ1) is 17.4. The van der Waals surface area contributed by atoms with Gasteiger partial charge in [-0.3, -0.25) is 0 Å². The van der Waals surface area contributed by atoms with E-state index < -0.39 is 24.2 Å². The number of hydrogen-bond acceptors (Lipinski definition) is 5. The number of halogens is 1. The highest BCUT2D eigenvalue weighted by atomic mass is 35.5. The molecule has 2 heterocycles. The van der Waals surface area contributed by atoms with E-state index >= 15 is 0 Å². The predicted molar refractivity (Wildman–Crippen MR) is 97.8 cm³/mol. The van der Waals surface area contributed by atoms with Gasteiger partial charge in [-0.2, -0.15) is 0 Å². The molecule has 26 heavy (non-hydrogen) atoms. The zero-order valence-electron chi connectivity index (χ0n) is 14.2. The number of aliphatic hydroxyl groups is 3. The molecule has 6 nitrogen and oxygen atoms in total. The third-order valence-corrected chi connectivity index (χ3v) is 5.59. The Morgan fingerprint density at radius 3 is 2.77 bits per heavy atom. The largest absolute Gasteiger partial charge is 0.390 e. The van der Waals surface area contributed by atoms with Gasteiger partial charge in [-0.1, -0.05) is 23.7 Å². The molecule has 5 atom stereocenters. The normalized spacial score (nSPS) is 27.1. The van der Waals surface area contributed by atoms with Crippen molar-refractivity contribution in [3.8, 4) is 0 Å². The minimum Gasteiger partial charge on any atom is -0.390 e. The number of aromatic nitrogens is 3. The second kappa shape index (κ2) is 6.63. The Balaban J connectivity index is 1.66. The molecule has 0 spiro atoms. The van der Waals surface area contributed by atoms with Crippen molar-refractivity contribution in [3.05, 3.63) is 59.1 Å². The number of benzene rings is 1. The highest BCUT2D eigenvalue weighted by Gasteiger charge is 2.46. The quantitative estimate of drug-likeness (QED) is 0.655. The fourth-order valence-electron chi connectivity index (χ4n) is 3.94. The van der Waals surface area contributed by atoms with Gasteiger partial charge in [0.1, 0.15) is 18.1 Å². The van der Waals surface area contributed by atoms with Crippen LogP contribution in [0.5, 0.6) is 0 Å². The van der Waals surface area contributed by atoms with Gasteiger partial charge in [0.25, 0.3) is 0 Å². The minimum atomic E-state index is -1.05. The zero-order chi connectivity index (χ0) is 18.4. The Morgan fingerprint density at radius 2 is 2.00 bits per heavy atom. The van der Waals surface area contributed by atoms with Crippen LogP contribution in [0.1, 0.15) is 29.8 Å². The second-order valence-corrected chi connectivity index (χ2v) is 7.30. The predicted octanol–water partition coefficient (Wildman–Crippen LogP) is 2.41. The lowest BCUT2D eigenvalue weighted by Gasteiger charge is -2.22. The molecule has 1 aliphatic carbocycles. The maximum atomic E-state index is 10.7. The fourth-order valence-corrected chi connectivity index (χ4v) is 4.13. The smallest absolute Gasteiger partial charge is 0.143 e. The van der Waals surface area contributed by atoms with Crippen LogP contribution in [-0.4, -0.2) is 42.1 Å². The highest BCUT2D eigenvalue weighted by molar-refractivity contribution is 6.30. The van der Waals surface area contributed by atoms with Gasteiger partial charge in [0, 0.05) is 22.5 Å². The van der Waals surface area contributed by atoms with Crippen LogP contribution >= 0.6 is 11.6 Å². The van der Waals surface area contributed by atoms with Gasteiger partial charge in [0.15, 0.2) is 0 Å². The molecule has 0 aliphatic heterocycles. The molecule has 0 saturated heterocycles. The van der Waals surface area contributed by atoms with Gasteiger partial charge in [-0.05, 0) is 37.1 Å². The summed E-state index contributed by atoms with van der Waals surface area (Å²) in [6.07, 6.45) is 0.796. The summed E-state index contributed by atoms with van der Waals surface area (Å²) in [5, 5.41) is 33.4. The number of rotatable bonds is 3. The van der Waals surface area contributed by atoms with Crippen LogP contribution in [0.25, 0.3) is 11.0 Å². The first-order chi connectivity index (χ1) is 12.5.